The maximum atomic E-state index is 12.5. The second kappa shape index (κ2) is 8.17. The van der Waals surface area contributed by atoms with Crippen LogP contribution in [0.1, 0.15) is 40.9 Å². The summed E-state index contributed by atoms with van der Waals surface area (Å²) in [7, 11) is 1.85. The summed E-state index contributed by atoms with van der Waals surface area (Å²) >= 11 is 0. The summed E-state index contributed by atoms with van der Waals surface area (Å²) in [6.07, 6.45) is 0.384. The molecule has 2 atom stereocenters. The van der Waals surface area contributed by atoms with E-state index in [4.69, 9.17) is 0 Å². The van der Waals surface area contributed by atoms with Crippen molar-refractivity contribution >= 4 is 11.9 Å². The summed E-state index contributed by atoms with van der Waals surface area (Å²) in [5.41, 5.74) is 4.74. The van der Waals surface area contributed by atoms with Gasteiger partial charge in [-0.25, -0.2) is 0 Å². The number of carbonyl (C=O) groups excluding carboxylic acids is 1. The molecule has 0 saturated carbocycles. The van der Waals surface area contributed by atoms with Gasteiger partial charge in [0.05, 0.1) is 17.5 Å². The van der Waals surface area contributed by atoms with Crippen LogP contribution in [-0.2, 0) is 23.1 Å². The van der Waals surface area contributed by atoms with Crippen LogP contribution in [0.15, 0.2) is 24.3 Å². The van der Waals surface area contributed by atoms with Crippen LogP contribution in [0.2, 0.25) is 0 Å². The summed E-state index contributed by atoms with van der Waals surface area (Å²) < 4.78 is 1.76. The molecule has 0 aliphatic carbocycles. The Bertz CT molecular complexity index is 793. The van der Waals surface area contributed by atoms with E-state index in [2.05, 4.69) is 10.4 Å². The number of aromatic nitrogens is 2. The molecule has 0 bridgehead atoms. The van der Waals surface area contributed by atoms with Gasteiger partial charge in [0.25, 0.3) is 0 Å². The van der Waals surface area contributed by atoms with Gasteiger partial charge in [0.1, 0.15) is 0 Å². The van der Waals surface area contributed by atoms with Gasteiger partial charge >= 0.3 is 5.97 Å². The summed E-state index contributed by atoms with van der Waals surface area (Å²) in [5, 5.41) is 16.6. The average Bonchev–Trinajstić information content (AvgIpc) is 2.84. The standard InChI is InChI=1S/C20H27N3O3/c1-12-6-8-16(9-7-12)10-17(20(25)26)11-21-19(24)13(2)18-14(3)22-23(5)15(18)4/h6-9,13,17H,10-11H2,1-5H3,(H,21,24)(H,25,26)/t13-,17-/m0/s1. The SMILES string of the molecule is Cc1ccc(C[C@@H](CNC(=O)[C@@H](C)c2c(C)nn(C)c2C)C(=O)O)cc1. The fourth-order valence-corrected chi connectivity index (χ4v) is 3.18. The van der Waals surface area contributed by atoms with Crippen LogP contribution in [0.25, 0.3) is 0 Å². The van der Waals surface area contributed by atoms with Gasteiger partial charge in [-0.1, -0.05) is 29.8 Å². The minimum atomic E-state index is -0.910. The molecule has 140 valence electrons. The second-order valence-corrected chi connectivity index (χ2v) is 6.90. The Balaban J connectivity index is 2.02. The molecule has 1 aromatic heterocycles. The number of carbonyl (C=O) groups is 2. The highest BCUT2D eigenvalue weighted by atomic mass is 16.4. The highest BCUT2D eigenvalue weighted by molar-refractivity contribution is 5.84. The van der Waals surface area contributed by atoms with Crippen molar-refractivity contribution in [3.63, 3.8) is 0 Å². The number of aryl methyl sites for hydroxylation is 3. The monoisotopic (exact) mass is 357 g/mol. The molecule has 6 nitrogen and oxygen atoms in total. The van der Waals surface area contributed by atoms with Crippen molar-refractivity contribution in [2.45, 2.75) is 40.0 Å². The van der Waals surface area contributed by atoms with E-state index in [0.29, 0.717) is 6.42 Å². The first-order valence-electron chi connectivity index (χ1n) is 8.76. The van der Waals surface area contributed by atoms with E-state index < -0.39 is 11.9 Å². The molecule has 1 amide bonds. The summed E-state index contributed by atoms with van der Waals surface area (Å²) in [5.74, 6) is -2.13. The largest absolute Gasteiger partial charge is 0.481 e. The Morgan fingerprint density at radius 1 is 1.19 bits per heavy atom. The van der Waals surface area contributed by atoms with Crippen LogP contribution < -0.4 is 5.32 Å². The molecule has 1 aromatic carbocycles. The number of hydrogen-bond acceptors (Lipinski definition) is 3. The number of carboxylic acid groups (broad SMARTS) is 1. The zero-order valence-corrected chi connectivity index (χ0v) is 16.0. The van der Waals surface area contributed by atoms with E-state index in [-0.39, 0.29) is 18.4 Å². The van der Waals surface area contributed by atoms with Gasteiger partial charge in [-0.2, -0.15) is 5.10 Å². The normalized spacial score (nSPS) is 13.3. The number of benzene rings is 1. The lowest BCUT2D eigenvalue weighted by Crippen LogP contribution is -2.36. The summed E-state index contributed by atoms with van der Waals surface area (Å²) in [6.45, 7) is 7.72. The molecule has 2 N–H and O–H groups in total. The topological polar surface area (TPSA) is 84.2 Å². The summed E-state index contributed by atoms with van der Waals surface area (Å²) in [6, 6.07) is 7.78. The fourth-order valence-electron chi connectivity index (χ4n) is 3.18. The van der Waals surface area contributed by atoms with Crippen molar-refractivity contribution in [2.75, 3.05) is 6.54 Å². The number of rotatable bonds is 7. The van der Waals surface area contributed by atoms with Crippen LogP contribution in [-0.4, -0.2) is 33.3 Å². The molecule has 2 rings (SSSR count). The molecule has 0 aliphatic rings. The Morgan fingerprint density at radius 3 is 2.31 bits per heavy atom. The molecule has 6 heteroatoms. The van der Waals surface area contributed by atoms with Crippen molar-refractivity contribution < 1.29 is 14.7 Å². The first-order chi connectivity index (χ1) is 12.2. The zero-order valence-electron chi connectivity index (χ0n) is 16.0. The van der Waals surface area contributed by atoms with E-state index in [9.17, 15) is 14.7 Å². The Hall–Kier alpha value is -2.63. The molecule has 26 heavy (non-hydrogen) atoms. The lowest BCUT2D eigenvalue weighted by molar-refractivity contribution is -0.141. The predicted octanol–water partition coefficient (Wildman–Crippen LogP) is 2.51. The Morgan fingerprint density at radius 2 is 1.81 bits per heavy atom. The number of aliphatic carboxylic acids is 1. The first kappa shape index (κ1) is 19.7. The second-order valence-electron chi connectivity index (χ2n) is 6.90. The number of hydrogen-bond donors (Lipinski definition) is 2. The molecule has 0 spiro atoms. The quantitative estimate of drug-likeness (QED) is 0.797. The van der Waals surface area contributed by atoms with Crippen LogP contribution in [0.4, 0.5) is 0 Å². The van der Waals surface area contributed by atoms with Crippen LogP contribution in [0.3, 0.4) is 0 Å². The Labute approximate surface area is 154 Å². The highest BCUT2D eigenvalue weighted by Gasteiger charge is 2.25. The molecular weight excluding hydrogens is 330 g/mol. The van der Waals surface area contributed by atoms with Crippen molar-refractivity contribution in [1.29, 1.82) is 0 Å². The van der Waals surface area contributed by atoms with Crippen molar-refractivity contribution in [1.82, 2.24) is 15.1 Å². The van der Waals surface area contributed by atoms with Crippen LogP contribution >= 0.6 is 0 Å². The molecule has 0 aliphatic heterocycles. The molecule has 0 radical (unpaired) electrons. The van der Waals surface area contributed by atoms with E-state index in [1.165, 1.54) is 0 Å². The number of carboxylic acids is 1. The van der Waals surface area contributed by atoms with Crippen molar-refractivity contribution in [3.8, 4) is 0 Å². The van der Waals surface area contributed by atoms with Gasteiger partial charge in [0.15, 0.2) is 0 Å². The lowest BCUT2D eigenvalue weighted by atomic mass is 9.96. The number of nitrogens with zero attached hydrogens (tertiary/aromatic N) is 2. The van der Waals surface area contributed by atoms with Crippen LogP contribution in [0.5, 0.6) is 0 Å². The van der Waals surface area contributed by atoms with Gasteiger partial charge in [-0.15, -0.1) is 0 Å². The van der Waals surface area contributed by atoms with E-state index in [1.54, 1.807) is 4.68 Å². The minimum Gasteiger partial charge on any atom is -0.481 e. The molecule has 0 fully saturated rings. The van der Waals surface area contributed by atoms with Gasteiger partial charge in [0, 0.05) is 24.8 Å². The van der Waals surface area contributed by atoms with Gasteiger partial charge in [0.2, 0.25) is 5.91 Å². The lowest BCUT2D eigenvalue weighted by Gasteiger charge is -2.17. The van der Waals surface area contributed by atoms with E-state index in [0.717, 1.165) is 28.1 Å². The fraction of sp³-hybridized carbons (Fsp3) is 0.450. The van der Waals surface area contributed by atoms with Gasteiger partial charge < -0.3 is 10.4 Å². The van der Waals surface area contributed by atoms with E-state index >= 15 is 0 Å². The van der Waals surface area contributed by atoms with Gasteiger partial charge in [-0.3, -0.25) is 14.3 Å². The number of nitrogens with one attached hydrogen (secondary N) is 1. The first-order valence-corrected chi connectivity index (χ1v) is 8.76. The van der Waals surface area contributed by atoms with Crippen molar-refractivity contribution in [2.24, 2.45) is 13.0 Å². The molecule has 0 unspecified atom stereocenters. The third-order valence-corrected chi connectivity index (χ3v) is 4.87. The Kier molecular flexibility index (Phi) is 6.18. The molecule has 0 saturated heterocycles. The predicted molar refractivity (Wildman–Crippen MR) is 100 cm³/mol. The molecule has 1 heterocycles. The maximum Gasteiger partial charge on any atom is 0.308 e. The smallest absolute Gasteiger partial charge is 0.308 e. The highest BCUT2D eigenvalue weighted by Crippen LogP contribution is 2.23. The molecule has 2 aromatic rings. The summed E-state index contributed by atoms with van der Waals surface area (Å²) in [4.78, 5) is 24.1. The van der Waals surface area contributed by atoms with Gasteiger partial charge in [-0.05, 0) is 39.7 Å². The van der Waals surface area contributed by atoms with E-state index in [1.807, 2.05) is 59.0 Å². The zero-order chi connectivity index (χ0) is 19.4. The van der Waals surface area contributed by atoms with Crippen LogP contribution in [0, 0.1) is 26.7 Å². The third kappa shape index (κ3) is 4.50. The average molecular weight is 357 g/mol. The van der Waals surface area contributed by atoms with Crippen molar-refractivity contribution in [3.05, 3.63) is 52.3 Å². The molecular formula is C20H27N3O3. The minimum absolute atomic E-state index is 0.102. The maximum absolute atomic E-state index is 12.5. The third-order valence-electron chi connectivity index (χ3n) is 4.87. The number of amides is 1.